The van der Waals surface area contributed by atoms with E-state index in [4.69, 9.17) is 45.3 Å². The maximum atomic E-state index is 9.49. The number of benzene rings is 14. The first-order valence-corrected chi connectivity index (χ1v) is 38.3. The van der Waals surface area contributed by atoms with Crippen LogP contribution in [0, 0.1) is 22.7 Å². The molecule has 3 aliphatic heterocycles. The van der Waals surface area contributed by atoms with Crippen molar-refractivity contribution in [3.8, 4) is 137 Å². The molecule has 16 aromatic rings. The lowest BCUT2D eigenvalue weighted by molar-refractivity contribution is 0.00578. The van der Waals surface area contributed by atoms with E-state index in [1.165, 1.54) is 22.3 Å². The fourth-order valence-electron chi connectivity index (χ4n) is 16.9. The molecule has 2 spiro atoms. The Balaban J connectivity index is 0.000000126. The lowest BCUT2D eigenvalue weighted by Gasteiger charge is -2.40. The maximum Gasteiger partial charge on any atom is 0.495 e. The molecule has 14 aromatic carbocycles. The van der Waals surface area contributed by atoms with Gasteiger partial charge in [-0.3, -0.25) is 0 Å². The molecular weight excluding hydrogens is 1420 g/mol. The Labute approximate surface area is 666 Å². The molecule has 1 fully saturated rings. The van der Waals surface area contributed by atoms with Gasteiger partial charge in [0.25, 0.3) is 0 Å². The van der Waals surface area contributed by atoms with Crippen molar-refractivity contribution in [2.75, 3.05) is 0 Å². The van der Waals surface area contributed by atoms with Gasteiger partial charge in [0.15, 0.2) is 29.1 Å². The maximum absolute atomic E-state index is 9.49. The molecule has 542 valence electrons. The molecule has 12 nitrogen and oxygen atoms in total. The summed E-state index contributed by atoms with van der Waals surface area (Å²) in [6.07, 6.45) is 0. The standard InChI is InChI=1S/C47H28N4O.C38H30BNO3.C15H10ClN3/c48-29-30-25-27-31(28-26-30)34-18-11-23-40-43(34)52-41-24-10-9-21-38(41)47(40)37-20-8-7-17-35(37)42-36(19-12-22-39(42)47)46-50-44(32-13-3-1-4-14-32)49-45(51-46)33-15-5-2-6-16-33;1-36(2)37(3,4)43-39(42-36)32-17-10-15-30-34(32)27-11-5-6-13-28(27)38(30)29-14-7-8-18-33(29)41-35-26(12-9-16-31(35)38)25-21-19-24(23-40)20-22-25;16-15-18-13(11-7-3-1-4-8-11)17-14(19-15)12-9-5-2-6-10-12/h1-28H;5-22H,1-4H3;1-10H. The lowest BCUT2D eigenvalue weighted by Crippen LogP contribution is -2.41. The van der Waals surface area contributed by atoms with E-state index < -0.39 is 29.2 Å². The highest BCUT2D eigenvalue weighted by Gasteiger charge is 2.57. The van der Waals surface area contributed by atoms with Crippen LogP contribution in [0.4, 0.5) is 0 Å². The number of para-hydroxylation sites is 4. The summed E-state index contributed by atoms with van der Waals surface area (Å²) in [5.41, 5.74) is 22.2. The van der Waals surface area contributed by atoms with E-state index in [2.05, 4.69) is 213 Å². The smallest absolute Gasteiger partial charge is 0.456 e. The van der Waals surface area contributed by atoms with Gasteiger partial charge < -0.3 is 18.8 Å². The molecule has 14 heteroatoms. The van der Waals surface area contributed by atoms with Crippen molar-refractivity contribution in [3.05, 3.63) is 401 Å². The van der Waals surface area contributed by atoms with Crippen LogP contribution in [0.15, 0.2) is 340 Å². The fraction of sp³-hybridized carbons (Fsp3) is 0.0800. The van der Waals surface area contributed by atoms with Crippen molar-refractivity contribution in [1.29, 1.82) is 10.5 Å². The van der Waals surface area contributed by atoms with Gasteiger partial charge in [0, 0.05) is 61.2 Å². The van der Waals surface area contributed by atoms with Crippen LogP contribution >= 0.6 is 11.6 Å². The summed E-state index contributed by atoms with van der Waals surface area (Å²) < 4.78 is 27.0. The predicted molar refractivity (Wildman–Crippen MR) is 449 cm³/mol. The fourth-order valence-corrected chi connectivity index (χ4v) is 17.1. The Morgan fingerprint density at radius 3 is 1.02 bits per heavy atom. The quantitative estimate of drug-likeness (QED) is 0.133. The number of fused-ring (bicyclic) bond motifs is 18. The van der Waals surface area contributed by atoms with Crippen molar-refractivity contribution >= 4 is 24.2 Å². The van der Waals surface area contributed by atoms with Crippen LogP contribution in [0.5, 0.6) is 23.0 Å². The van der Waals surface area contributed by atoms with Gasteiger partial charge in [-0.05, 0) is 137 Å². The molecule has 114 heavy (non-hydrogen) atoms. The molecule has 5 heterocycles. The van der Waals surface area contributed by atoms with Gasteiger partial charge in [0.2, 0.25) is 5.28 Å². The number of rotatable bonds is 8. The summed E-state index contributed by atoms with van der Waals surface area (Å²) in [7, 11) is -0.498. The average molecular weight is 1490 g/mol. The minimum Gasteiger partial charge on any atom is -0.456 e. The molecule has 0 saturated carbocycles. The first-order chi connectivity index (χ1) is 55.8. The molecule has 0 amide bonds. The van der Waals surface area contributed by atoms with E-state index in [0.717, 1.165) is 123 Å². The second-order valence-corrected chi connectivity index (χ2v) is 30.0. The zero-order valence-electron chi connectivity index (χ0n) is 62.5. The molecule has 0 bridgehead atoms. The molecular formula is C100H68BClN8O4. The minimum atomic E-state index is -0.688. The largest absolute Gasteiger partial charge is 0.495 e. The highest BCUT2D eigenvalue weighted by Crippen LogP contribution is 2.66. The normalized spacial score (nSPS) is 16.0. The lowest BCUT2D eigenvalue weighted by atomic mass is 9.65. The van der Waals surface area contributed by atoms with Crippen LogP contribution in [0.1, 0.15) is 83.3 Å². The van der Waals surface area contributed by atoms with Crippen LogP contribution in [-0.2, 0) is 20.1 Å². The van der Waals surface area contributed by atoms with Crippen LogP contribution < -0.4 is 14.9 Å². The molecule has 5 aliphatic rings. The highest BCUT2D eigenvalue weighted by molar-refractivity contribution is 6.64. The summed E-state index contributed by atoms with van der Waals surface area (Å²) in [5.74, 6) is 6.30. The van der Waals surface area contributed by atoms with Crippen molar-refractivity contribution in [1.82, 2.24) is 29.9 Å². The molecule has 2 aliphatic carbocycles. The second-order valence-electron chi connectivity index (χ2n) is 29.6. The molecule has 21 rings (SSSR count). The summed E-state index contributed by atoms with van der Waals surface area (Å²) in [5, 5.41) is 19.1. The van der Waals surface area contributed by atoms with E-state index >= 15 is 0 Å². The molecule has 2 aromatic heterocycles. The topological polar surface area (TPSA) is 162 Å². The highest BCUT2D eigenvalue weighted by atomic mass is 35.5. The van der Waals surface area contributed by atoms with E-state index in [1.54, 1.807) is 0 Å². The van der Waals surface area contributed by atoms with Gasteiger partial charge in [0.05, 0.1) is 45.3 Å². The number of nitrogens with zero attached hydrogens (tertiary/aromatic N) is 8. The Bertz CT molecular complexity index is 6430. The number of hydrogen-bond acceptors (Lipinski definition) is 12. The van der Waals surface area contributed by atoms with Crippen molar-refractivity contribution in [2.24, 2.45) is 0 Å². The van der Waals surface area contributed by atoms with Gasteiger partial charge in [-0.1, -0.05) is 303 Å². The van der Waals surface area contributed by atoms with Crippen LogP contribution in [-0.4, -0.2) is 48.2 Å². The molecule has 2 unspecified atom stereocenters. The predicted octanol–water partition coefficient (Wildman–Crippen LogP) is 22.7. The van der Waals surface area contributed by atoms with Crippen LogP contribution in [0.2, 0.25) is 5.28 Å². The second kappa shape index (κ2) is 28.4. The number of nitriles is 2. The van der Waals surface area contributed by atoms with Gasteiger partial charge in [-0.25, -0.2) is 19.9 Å². The molecule has 0 N–H and O–H groups in total. The van der Waals surface area contributed by atoms with Crippen molar-refractivity contribution < 1.29 is 18.8 Å². The first-order valence-electron chi connectivity index (χ1n) is 37.9. The van der Waals surface area contributed by atoms with Gasteiger partial charge >= 0.3 is 7.12 Å². The number of hydrogen-bond donors (Lipinski definition) is 0. The monoisotopic (exact) mass is 1490 g/mol. The summed E-state index contributed by atoms with van der Waals surface area (Å²) in [4.78, 5) is 28.1. The third-order valence-electron chi connectivity index (χ3n) is 22.8. The molecule has 1 saturated heterocycles. The van der Waals surface area contributed by atoms with Crippen LogP contribution in [0.3, 0.4) is 0 Å². The zero-order valence-corrected chi connectivity index (χ0v) is 63.3. The third-order valence-corrected chi connectivity index (χ3v) is 23.0. The SMILES string of the molecule is CC1(C)OB(c2cccc3c2-c2ccccc2C32c3ccccc3Oc3c(-c4ccc(C#N)cc4)cccc32)OC1(C)C.Clc1nc(-c2ccccc2)nc(-c2ccccc2)n1.N#Cc1ccc(-c2cccc3c2Oc2ccccc2C32c3ccccc3-c3c(-c4nc(-c5ccccc5)nc(-c5ccccc5)n4)cccc32)cc1. The zero-order chi connectivity index (χ0) is 77.3. The van der Waals surface area contributed by atoms with Crippen molar-refractivity contribution in [3.63, 3.8) is 0 Å². The number of ether oxygens (including phenoxy) is 2. The first kappa shape index (κ1) is 70.3. The Hall–Kier alpha value is -14.0. The van der Waals surface area contributed by atoms with Gasteiger partial charge in [-0.15, -0.1) is 0 Å². The average Bonchev–Trinajstić information content (AvgIpc) is 1.51. The summed E-state index contributed by atoms with van der Waals surface area (Å²) in [6, 6.07) is 120. The number of aromatic nitrogens is 6. The van der Waals surface area contributed by atoms with Crippen LogP contribution in [0.25, 0.3) is 101 Å². The van der Waals surface area contributed by atoms with Crippen molar-refractivity contribution in [2.45, 2.75) is 49.7 Å². The van der Waals surface area contributed by atoms with E-state index in [1.807, 2.05) is 182 Å². The number of halogens is 1. The molecule has 0 radical (unpaired) electrons. The Kier molecular flexibility index (Phi) is 17.5. The Morgan fingerprint density at radius 1 is 0.281 bits per heavy atom. The van der Waals surface area contributed by atoms with E-state index in [-0.39, 0.29) is 5.28 Å². The van der Waals surface area contributed by atoms with Gasteiger partial charge in [0.1, 0.15) is 23.0 Å². The Morgan fingerprint density at radius 2 is 0.596 bits per heavy atom. The minimum absolute atomic E-state index is 0.202. The summed E-state index contributed by atoms with van der Waals surface area (Å²) >= 11 is 5.99. The molecule has 2 atom stereocenters. The van der Waals surface area contributed by atoms with E-state index in [0.29, 0.717) is 40.2 Å². The summed E-state index contributed by atoms with van der Waals surface area (Å²) in [6.45, 7) is 8.39. The van der Waals surface area contributed by atoms with E-state index in [9.17, 15) is 10.5 Å². The third kappa shape index (κ3) is 11.7. The van der Waals surface area contributed by atoms with Gasteiger partial charge in [-0.2, -0.15) is 20.5 Å².